The zero-order valence-electron chi connectivity index (χ0n) is 16.8. The summed E-state index contributed by atoms with van der Waals surface area (Å²) in [5.41, 5.74) is 2.36. The molecule has 1 N–H and O–H groups in total. The number of carbonyl (C=O) groups is 1. The first kappa shape index (κ1) is 20.3. The minimum Gasteiger partial charge on any atom is -0.443 e. The molecule has 2 aromatic heterocycles. The number of carbonyl (C=O) groups excluding carboxylic acids is 1. The fraction of sp³-hybridized carbons (Fsp3) is 0.304. The van der Waals surface area contributed by atoms with Crippen LogP contribution >= 0.6 is 11.8 Å². The molecule has 30 heavy (non-hydrogen) atoms. The Hall–Kier alpha value is -2.95. The Morgan fingerprint density at radius 3 is 2.77 bits per heavy atom. The normalized spacial score (nSPS) is 14.4. The SMILES string of the molecule is Cc1oc(-n2cccc2)c(C#N)c1C(=O)Nc1cccc(CSC2CCOCC2)c1. The van der Waals surface area contributed by atoms with Gasteiger partial charge in [-0.05, 0) is 49.6 Å². The summed E-state index contributed by atoms with van der Waals surface area (Å²) in [5.74, 6) is 1.31. The van der Waals surface area contributed by atoms with Crippen LogP contribution in [-0.4, -0.2) is 28.9 Å². The number of benzene rings is 1. The van der Waals surface area contributed by atoms with E-state index < -0.39 is 0 Å². The number of nitrogens with one attached hydrogen (secondary N) is 1. The molecule has 154 valence electrons. The molecule has 1 saturated heterocycles. The van der Waals surface area contributed by atoms with Gasteiger partial charge in [0.05, 0.1) is 0 Å². The zero-order chi connectivity index (χ0) is 20.9. The molecule has 1 aliphatic rings. The van der Waals surface area contributed by atoms with Crippen molar-refractivity contribution in [1.29, 1.82) is 5.26 Å². The molecule has 1 aromatic carbocycles. The Morgan fingerprint density at radius 2 is 2.03 bits per heavy atom. The van der Waals surface area contributed by atoms with Gasteiger partial charge in [0.15, 0.2) is 0 Å². The van der Waals surface area contributed by atoms with Crippen LogP contribution in [0.15, 0.2) is 53.2 Å². The van der Waals surface area contributed by atoms with Gasteiger partial charge in [0.1, 0.15) is 23.0 Å². The summed E-state index contributed by atoms with van der Waals surface area (Å²) in [6.07, 6.45) is 5.73. The maximum Gasteiger partial charge on any atom is 0.260 e. The number of nitriles is 1. The summed E-state index contributed by atoms with van der Waals surface area (Å²) in [6, 6.07) is 13.6. The van der Waals surface area contributed by atoms with Crippen LogP contribution in [0.1, 0.15) is 40.1 Å². The molecule has 0 atom stereocenters. The lowest BCUT2D eigenvalue weighted by Gasteiger charge is -2.21. The first-order chi connectivity index (χ1) is 14.7. The molecule has 0 radical (unpaired) electrons. The fourth-order valence-electron chi connectivity index (χ4n) is 3.55. The van der Waals surface area contributed by atoms with Gasteiger partial charge in [-0.3, -0.25) is 9.36 Å². The van der Waals surface area contributed by atoms with Crippen molar-refractivity contribution in [2.24, 2.45) is 0 Å². The topological polar surface area (TPSA) is 80.2 Å². The van der Waals surface area contributed by atoms with Crippen LogP contribution in [-0.2, 0) is 10.5 Å². The standard InChI is InChI=1S/C23H23N3O3S/c1-16-21(20(14-24)23(29-16)26-9-2-3-10-26)22(27)25-18-6-4-5-17(13-18)15-30-19-7-11-28-12-8-19/h2-6,9-10,13,19H,7-8,11-12,15H2,1H3,(H,25,27). The number of anilines is 1. The molecule has 0 bridgehead atoms. The molecule has 1 aliphatic heterocycles. The van der Waals surface area contributed by atoms with Gasteiger partial charge in [-0.2, -0.15) is 17.0 Å². The summed E-state index contributed by atoms with van der Waals surface area (Å²) in [7, 11) is 0. The van der Waals surface area contributed by atoms with Gasteiger partial charge in [-0.25, -0.2) is 0 Å². The molecule has 0 saturated carbocycles. The number of aromatic nitrogens is 1. The number of furan rings is 1. The van der Waals surface area contributed by atoms with Crippen molar-refractivity contribution in [3.63, 3.8) is 0 Å². The zero-order valence-corrected chi connectivity index (χ0v) is 17.6. The second-order valence-electron chi connectivity index (χ2n) is 7.19. The van der Waals surface area contributed by atoms with E-state index in [9.17, 15) is 10.1 Å². The predicted octanol–water partition coefficient (Wildman–Crippen LogP) is 4.91. The van der Waals surface area contributed by atoms with E-state index in [1.165, 1.54) is 0 Å². The van der Waals surface area contributed by atoms with E-state index in [1.54, 1.807) is 23.9 Å². The Labute approximate surface area is 179 Å². The summed E-state index contributed by atoms with van der Waals surface area (Å²) in [5, 5.41) is 13.2. The average Bonchev–Trinajstić information content (AvgIpc) is 3.40. The number of hydrogen-bond donors (Lipinski definition) is 1. The van der Waals surface area contributed by atoms with Crippen LogP contribution in [0.25, 0.3) is 5.88 Å². The Kier molecular flexibility index (Phi) is 6.26. The van der Waals surface area contributed by atoms with E-state index in [0.29, 0.717) is 22.6 Å². The number of rotatable bonds is 6. The van der Waals surface area contributed by atoms with E-state index in [-0.39, 0.29) is 17.0 Å². The largest absolute Gasteiger partial charge is 0.443 e. The molecule has 3 aromatic rings. The average molecular weight is 422 g/mol. The fourth-order valence-corrected chi connectivity index (χ4v) is 4.68. The molecule has 7 heteroatoms. The first-order valence-electron chi connectivity index (χ1n) is 9.92. The summed E-state index contributed by atoms with van der Waals surface area (Å²) in [6.45, 7) is 3.37. The summed E-state index contributed by atoms with van der Waals surface area (Å²) < 4.78 is 12.8. The maximum absolute atomic E-state index is 13.0. The molecule has 0 unspecified atom stereocenters. The van der Waals surface area contributed by atoms with E-state index >= 15 is 0 Å². The molecule has 3 heterocycles. The van der Waals surface area contributed by atoms with E-state index in [1.807, 2.05) is 42.1 Å². The smallest absolute Gasteiger partial charge is 0.260 e. The van der Waals surface area contributed by atoms with Crippen LogP contribution in [0.3, 0.4) is 0 Å². The highest BCUT2D eigenvalue weighted by molar-refractivity contribution is 7.99. The Bertz CT molecular complexity index is 1060. The second kappa shape index (κ2) is 9.24. The lowest BCUT2D eigenvalue weighted by atomic mass is 10.1. The van der Waals surface area contributed by atoms with Gasteiger partial charge in [0.2, 0.25) is 5.88 Å². The predicted molar refractivity (Wildman–Crippen MR) is 117 cm³/mol. The molecule has 6 nitrogen and oxygen atoms in total. The van der Waals surface area contributed by atoms with Crippen molar-refractivity contribution in [2.75, 3.05) is 18.5 Å². The van der Waals surface area contributed by atoms with E-state index in [0.717, 1.165) is 37.4 Å². The number of aryl methyl sites for hydroxylation is 1. The van der Waals surface area contributed by atoms with Gasteiger partial charge >= 0.3 is 0 Å². The number of nitrogens with zero attached hydrogens (tertiary/aromatic N) is 2. The molecule has 0 aliphatic carbocycles. The van der Waals surface area contributed by atoms with Gasteiger partial charge in [-0.15, -0.1) is 0 Å². The molecule has 4 rings (SSSR count). The van der Waals surface area contributed by atoms with Crippen molar-refractivity contribution in [3.8, 4) is 12.0 Å². The Balaban J connectivity index is 1.48. The minimum atomic E-state index is -0.347. The van der Waals surface area contributed by atoms with E-state index in [4.69, 9.17) is 9.15 Å². The molecule has 0 spiro atoms. The third kappa shape index (κ3) is 4.45. The van der Waals surface area contributed by atoms with Crippen LogP contribution < -0.4 is 5.32 Å². The van der Waals surface area contributed by atoms with Crippen LogP contribution in [0.5, 0.6) is 0 Å². The Morgan fingerprint density at radius 1 is 1.27 bits per heavy atom. The molecule has 1 amide bonds. The van der Waals surface area contributed by atoms with Gasteiger partial charge in [0, 0.05) is 42.3 Å². The number of hydrogen-bond acceptors (Lipinski definition) is 5. The van der Waals surface area contributed by atoms with Gasteiger partial charge < -0.3 is 14.5 Å². The van der Waals surface area contributed by atoms with Crippen molar-refractivity contribution in [2.45, 2.75) is 30.8 Å². The van der Waals surface area contributed by atoms with Crippen LogP contribution in [0, 0.1) is 18.3 Å². The highest BCUT2D eigenvalue weighted by atomic mass is 32.2. The van der Waals surface area contributed by atoms with Gasteiger partial charge in [-0.1, -0.05) is 12.1 Å². The van der Waals surface area contributed by atoms with Crippen molar-refractivity contribution in [1.82, 2.24) is 4.57 Å². The van der Waals surface area contributed by atoms with Gasteiger partial charge in [0.25, 0.3) is 5.91 Å². The molecule has 1 fully saturated rings. The number of thioether (sulfide) groups is 1. The van der Waals surface area contributed by atoms with Crippen LogP contribution in [0.2, 0.25) is 0 Å². The monoisotopic (exact) mass is 421 g/mol. The molecular formula is C23H23N3O3S. The highest BCUT2D eigenvalue weighted by Gasteiger charge is 2.24. The highest BCUT2D eigenvalue weighted by Crippen LogP contribution is 2.28. The number of ether oxygens (including phenoxy) is 1. The summed E-state index contributed by atoms with van der Waals surface area (Å²) in [4.78, 5) is 13.0. The quantitative estimate of drug-likeness (QED) is 0.611. The van der Waals surface area contributed by atoms with Crippen molar-refractivity contribution >= 4 is 23.4 Å². The maximum atomic E-state index is 13.0. The summed E-state index contributed by atoms with van der Waals surface area (Å²) >= 11 is 1.93. The molecular weight excluding hydrogens is 398 g/mol. The number of amides is 1. The van der Waals surface area contributed by atoms with Crippen LogP contribution in [0.4, 0.5) is 5.69 Å². The second-order valence-corrected chi connectivity index (χ2v) is 8.48. The lowest BCUT2D eigenvalue weighted by molar-refractivity contribution is 0.0999. The third-order valence-electron chi connectivity index (χ3n) is 5.08. The minimum absolute atomic E-state index is 0.229. The van der Waals surface area contributed by atoms with Crippen molar-refractivity contribution < 1.29 is 13.9 Å². The van der Waals surface area contributed by atoms with Crippen molar-refractivity contribution in [3.05, 3.63) is 71.2 Å². The first-order valence-corrected chi connectivity index (χ1v) is 11.0. The third-order valence-corrected chi connectivity index (χ3v) is 6.53. The lowest BCUT2D eigenvalue weighted by Crippen LogP contribution is -2.17. The van der Waals surface area contributed by atoms with E-state index in [2.05, 4.69) is 17.5 Å².